The van der Waals surface area contributed by atoms with Crippen LogP contribution in [0.2, 0.25) is 0 Å². The summed E-state index contributed by atoms with van der Waals surface area (Å²) in [7, 11) is 1.87. The highest BCUT2D eigenvalue weighted by atomic mass is 16.5. The molecule has 0 rings (SSSR count). The molecule has 1 atom stereocenters. The van der Waals surface area contributed by atoms with Crippen molar-refractivity contribution in [1.29, 1.82) is 0 Å². The van der Waals surface area contributed by atoms with E-state index in [4.69, 9.17) is 4.74 Å². The highest BCUT2D eigenvalue weighted by Crippen LogP contribution is 2.28. The molecule has 0 bridgehead atoms. The van der Waals surface area contributed by atoms with E-state index in [-0.39, 0.29) is 5.60 Å². The van der Waals surface area contributed by atoms with Crippen LogP contribution >= 0.6 is 0 Å². The van der Waals surface area contributed by atoms with Gasteiger partial charge in [-0.15, -0.1) is 0 Å². The maximum absolute atomic E-state index is 5.71. The molecule has 1 unspecified atom stereocenters. The molecule has 0 aromatic carbocycles. The maximum atomic E-state index is 5.71. The second kappa shape index (κ2) is 8.28. The van der Waals surface area contributed by atoms with Gasteiger partial charge < -0.3 is 4.74 Å². The maximum Gasteiger partial charge on any atom is 0.0676 e. The molecule has 0 aliphatic rings. The van der Waals surface area contributed by atoms with Crippen molar-refractivity contribution in [2.75, 3.05) is 7.11 Å². The van der Waals surface area contributed by atoms with Gasteiger partial charge in [0.1, 0.15) is 0 Å². The van der Waals surface area contributed by atoms with Crippen molar-refractivity contribution >= 4 is 0 Å². The molecule has 0 saturated carbocycles. The summed E-state index contributed by atoms with van der Waals surface area (Å²) < 4.78 is 5.71. The fourth-order valence-corrected chi connectivity index (χ4v) is 2.16. The van der Waals surface area contributed by atoms with E-state index in [9.17, 15) is 0 Å². The Labute approximate surface area is 90.2 Å². The van der Waals surface area contributed by atoms with Crippen molar-refractivity contribution in [3.63, 3.8) is 0 Å². The lowest BCUT2D eigenvalue weighted by molar-refractivity contribution is -0.0298. The zero-order valence-corrected chi connectivity index (χ0v) is 10.6. The van der Waals surface area contributed by atoms with Gasteiger partial charge in [0, 0.05) is 7.11 Å². The Bertz CT molecular complexity index is 116. The van der Waals surface area contributed by atoms with Crippen LogP contribution in [0, 0.1) is 0 Å². The molecule has 86 valence electrons. The van der Waals surface area contributed by atoms with Gasteiger partial charge in [0.25, 0.3) is 0 Å². The van der Waals surface area contributed by atoms with E-state index < -0.39 is 0 Å². The van der Waals surface area contributed by atoms with Gasteiger partial charge in [0.05, 0.1) is 5.60 Å². The van der Waals surface area contributed by atoms with E-state index in [1.54, 1.807) is 0 Å². The van der Waals surface area contributed by atoms with Crippen molar-refractivity contribution in [3.8, 4) is 0 Å². The Morgan fingerprint density at radius 2 is 1.57 bits per heavy atom. The number of ether oxygens (including phenoxy) is 1. The van der Waals surface area contributed by atoms with Gasteiger partial charge in [-0.1, -0.05) is 52.9 Å². The van der Waals surface area contributed by atoms with Crippen molar-refractivity contribution in [3.05, 3.63) is 0 Å². The molecule has 0 N–H and O–H groups in total. The minimum Gasteiger partial charge on any atom is -0.378 e. The van der Waals surface area contributed by atoms with Gasteiger partial charge in [-0.2, -0.15) is 0 Å². The van der Waals surface area contributed by atoms with Crippen LogP contribution in [0.15, 0.2) is 0 Å². The molecule has 0 aromatic rings. The molecule has 0 fully saturated rings. The minimum absolute atomic E-state index is 0.183. The third-order valence-electron chi connectivity index (χ3n) is 3.27. The van der Waals surface area contributed by atoms with E-state index in [0.717, 1.165) is 6.42 Å². The predicted octanol–water partition coefficient (Wildman–Crippen LogP) is 4.55. The van der Waals surface area contributed by atoms with Crippen molar-refractivity contribution in [1.82, 2.24) is 0 Å². The van der Waals surface area contributed by atoms with Crippen molar-refractivity contribution in [2.45, 2.75) is 77.7 Å². The smallest absolute Gasteiger partial charge is 0.0676 e. The molecule has 0 saturated heterocycles. The number of hydrogen-bond donors (Lipinski definition) is 0. The summed E-state index contributed by atoms with van der Waals surface area (Å²) in [6.07, 6.45) is 10.2. The molecule has 0 spiro atoms. The summed E-state index contributed by atoms with van der Waals surface area (Å²) in [5.74, 6) is 0. The van der Waals surface area contributed by atoms with E-state index in [0.29, 0.717) is 0 Å². The van der Waals surface area contributed by atoms with E-state index in [1.807, 2.05) is 7.11 Å². The fraction of sp³-hybridized carbons (Fsp3) is 1.00. The first-order valence-electron chi connectivity index (χ1n) is 6.29. The van der Waals surface area contributed by atoms with Crippen molar-refractivity contribution in [2.24, 2.45) is 0 Å². The van der Waals surface area contributed by atoms with Gasteiger partial charge >= 0.3 is 0 Å². The Kier molecular flexibility index (Phi) is 8.26. The van der Waals surface area contributed by atoms with Crippen LogP contribution in [0.3, 0.4) is 0 Å². The molecule has 0 aliphatic heterocycles. The molecule has 0 aliphatic carbocycles. The average molecular weight is 200 g/mol. The molecule has 14 heavy (non-hydrogen) atoms. The Morgan fingerprint density at radius 1 is 0.857 bits per heavy atom. The number of methoxy groups -OCH3 is 1. The predicted molar refractivity (Wildman–Crippen MR) is 63.7 cm³/mol. The lowest BCUT2D eigenvalue weighted by Gasteiger charge is -2.31. The van der Waals surface area contributed by atoms with Crippen LogP contribution < -0.4 is 0 Å². The van der Waals surface area contributed by atoms with Crippen molar-refractivity contribution < 1.29 is 4.74 Å². The normalized spacial score (nSPS) is 15.4. The van der Waals surface area contributed by atoms with Crippen LogP contribution in [-0.2, 0) is 4.74 Å². The Morgan fingerprint density at radius 3 is 2.00 bits per heavy atom. The quantitative estimate of drug-likeness (QED) is 0.496. The van der Waals surface area contributed by atoms with E-state index >= 15 is 0 Å². The second-order valence-corrected chi connectivity index (χ2v) is 4.30. The second-order valence-electron chi connectivity index (χ2n) is 4.30. The van der Waals surface area contributed by atoms with E-state index in [1.165, 1.54) is 44.9 Å². The first-order chi connectivity index (χ1) is 6.74. The highest BCUT2D eigenvalue weighted by molar-refractivity contribution is 4.78. The zero-order valence-electron chi connectivity index (χ0n) is 10.6. The number of rotatable bonds is 9. The minimum atomic E-state index is 0.183. The molecule has 0 aromatic heterocycles. The summed E-state index contributed by atoms with van der Waals surface area (Å²) in [6, 6.07) is 0. The molecular weight excluding hydrogens is 172 g/mol. The monoisotopic (exact) mass is 200 g/mol. The first-order valence-corrected chi connectivity index (χ1v) is 6.29. The lowest BCUT2D eigenvalue weighted by Crippen LogP contribution is -2.30. The number of unbranched alkanes of at least 4 members (excludes halogenated alkanes) is 3. The molecular formula is C13H28O. The summed E-state index contributed by atoms with van der Waals surface area (Å²) in [5, 5.41) is 0. The SMILES string of the molecule is CCCCCCC(CC)(CCC)OC. The van der Waals surface area contributed by atoms with Crippen LogP contribution in [0.25, 0.3) is 0 Å². The molecule has 1 heteroatoms. The molecule has 0 amide bonds. The molecule has 0 heterocycles. The van der Waals surface area contributed by atoms with Crippen LogP contribution in [0.4, 0.5) is 0 Å². The van der Waals surface area contributed by atoms with Gasteiger partial charge in [-0.3, -0.25) is 0 Å². The fourth-order valence-electron chi connectivity index (χ4n) is 2.16. The Hall–Kier alpha value is -0.0400. The molecule has 1 nitrogen and oxygen atoms in total. The van der Waals surface area contributed by atoms with Gasteiger partial charge in [0.2, 0.25) is 0 Å². The largest absolute Gasteiger partial charge is 0.378 e. The summed E-state index contributed by atoms with van der Waals surface area (Å²) >= 11 is 0. The topological polar surface area (TPSA) is 9.23 Å². The third-order valence-corrected chi connectivity index (χ3v) is 3.27. The third kappa shape index (κ3) is 4.99. The zero-order chi connectivity index (χ0) is 10.9. The van der Waals surface area contributed by atoms with Crippen LogP contribution in [-0.4, -0.2) is 12.7 Å². The average Bonchev–Trinajstić information content (AvgIpc) is 2.23. The highest BCUT2D eigenvalue weighted by Gasteiger charge is 2.25. The van der Waals surface area contributed by atoms with Crippen LogP contribution in [0.5, 0.6) is 0 Å². The van der Waals surface area contributed by atoms with E-state index in [2.05, 4.69) is 20.8 Å². The summed E-state index contributed by atoms with van der Waals surface area (Å²) in [5.41, 5.74) is 0.183. The summed E-state index contributed by atoms with van der Waals surface area (Å²) in [4.78, 5) is 0. The Balaban J connectivity index is 3.82. The van der Waals surface area contributed by atoms with Crippen LogP contribution in [0.1, 0.15) is 72.1 Å². The standard InChI is InChI=1S/C13H28O/c1-5-8-9-10-12-13(7-3,14-4)11-6-2/h5-12H2,1-4H3. The number of hydrogen-bond acceptors (Lipinski definition) is 1. The summed E-state index contributed by atoms with van der Waals surface area (Å²) in [6.45, 7) is 6.75. The lowest BCUT2D eigenvalue weighted by atomic mass is 9.88. The first kappa shape index (κ1) is 14.0. The van der Waals surface area contributed by atoms with Gasteiger partial charge in [-0.25, -0.2) is 0 Å². The van der Waals surface area contributed by atoms with Gasteiger partial charge in [-0.05, 0) is 19.3 Å². The molecule has 0 radical (unpaired) electrons. The van der Waals surface area contributed by atoms with Gasteiger partial charge in [0.15, 0.2) is 0 Å².